The number of hydrogen-bond acceptors (Lipinski definition) is 5. The SMILES string of the molecule is C[C@@H](O)CCC[C@H](O)C=C[C@H]1[C@@H](CC=CCCCC(=O)O)[C@@H](Cl)C[C@H]1OC1CCCCO1. The summed E-state index contributed by atoms with van der Waals surface area (Å²) in [6, 6.07) is 0. The zero-order valence-electron chi connectivity index (χ0n) is 19.3. The molecule has 1 aliphatic heterocycles. The second-order valence-corrected chi connectivity index (χ2v) is 9.75. The van der Waals surface area contributed by atoms with E-state index in [0.717, 1.165) is 51.6 Å². The molecule has 6 nitrogen and oxygen atoms in total. The van der Waals surface area contributed by atoms with Crippen LogP contribution < -0.4 is 0 Å². The van der Waals surface area contributed by atoms with Crippen LogP contribution in [0.2, 0.25) is 0 Å². The number of carboxylic acid groups (broad SMARTS) is 1. The Labute approximate surface area is 197 Å². The first-order chi connectivity index (χ1) is 15.4. The number of aliphatic hydroxyl groups excluding tert-OH is 2. The van der Waals surface area contributed by atoms with Crippen LogP contribution in [-0.2, 0) is 14.3 Å². The number of carbonyl (C=O) groups is 1. The average Bonchev–Trinajstić information content (AvgIpc) is 3.03. The lowest BCUT2D eigenvalue weighted by Gasteiger charge is -2.29. The maximum Gasteiger partial charge on any atom is 0.303 e. The van der Waals surface area contributed by atoms with Crippen LogP contribution in [0.25, 0.3) is 0 Å². The highest BCUT2D eigenvalue weighted by molar-refractivity contribution is 6.21. The fourth-order valence-electron chi connectivity index (χ4n) is 4.52. The Morgan fingerprint density at radius 3 is 2.72 bits per heavy atom. The summed E-state index contributed by atoms with van der Waals surface area (Å²) in [6.07, 6.45) is 15.1. The lowest BCUT2D eigenvalue weighted by molar-refractivity contribution is -0.192. The van der Waals surface area contributed by atoms with Crippen LogP contribution in [0.1, 0.15) is 77.6 Å². The maximum absolute atomic E-state index is 10.6. The van der Waals surface area contributed by atoms with Crippen LogP contribution in [0.4, 0.5) is 0 Å². The molecule has 1 heterocycles. The van der Waals surface area contributed by atoms with Crippen LogP contribution in [0, 0.1) is 11.8 Å². The molecule has 0 amide bonds. The molecule has 7 atom stereocenters. The average molecular weight is 473 g/mol. The first kappa shape index (κ1) is 27.3. The molecule has 0 radical (unpaired) electrons. The summed E-state index contributed by atoms with van der Waals surface area (Å²) < 4.78 is 12.1. The van der Waals surface area contributed by atoms with Crippen LogP contribution >= 0.6 is 11.6 Å². The highest BCUT2D eigenvalue weighted by Crippen LogP contribution is 2.42. The first-order valence-electron chi connectivity index (χ1n) is 12.2. The van der Waals surface area contributed by atoms with Gasteiger partial charge in [0.1, 0.15) is 0 Å². The summed E-state index contributed by atoms with van der Waals surface area (Å²) in [5, 5.41) is 28.5. The Morgan fingerprint density at radius 2 is 2.03 bits per heavy atom. The van der Waals surface area contributed by atoms with Crippen molar-refractivity contribution in [2.45, 2.75) is 108 Å². The summed E-state index contributed by atoms with van der Waals surface area (Å²) in [5.74, 6) is -0.503. The molecule has 3 N–H and O–H groups in total. The minimum Gasteiger partial charge on any atom is -0.481 e. The Morgan fingerprint density at radius 1 is 1.22 bits per heavy atom. The first-order valence-corrected chi connectivity index (χ1v) is 12.6. The van der Waals surface area contributed by atoms with Crippen molar-refractivity contribution in [3.8, 4) is 0 Å². The molecule has 2 fully saturated rings. The fraction of sp³-hybridized carbons (Fsp3) is 0.800. The number of rotatable bonds is 14. The van der Waals surface area contributed by atoms with Gasteiger partial charge in [-0.25, -0.2) is 0 Å². The van der Waals surface area contributed by atoms with E-state index in [1.807, 2.05) is 12.2 Å². The lowest BCUT2D eigenvalue weighted by Crippen LogP contribution is -2.30. The van der Waals surface area contributed by atoms with Crippen molar-refractivity contribution in [2.24, 2.45) is 11.8 Å². The van der Waals surface area contributed by atoms with Crippen molar-refractivity contribution in [2.75, 3.05) is 6.61 Å². The molecule has 7 heteroatoms. The molecule has 0 spiro atoms. The number of halogens is 1. The van der Waals surface area contributed by atoms with Gasteiger partial charge >= 0.3 is 5.97 Å². The van der Waals surface area contributed by atoms with E-state index in [4.69, 9.17) is 26.2 Å². The predicted molar refractivity (Wildman–Crippen MR) is 126 cm³/mol. The Hall–Kier alpha value is -0.920. The van der Waals surface area contributed by atoms with E-state index in [1.165, 1.54) is 0 Å². The van der Waals surface area contributed by atoms with Crippen molar-refractivity contribution in [3.05, 3.63) is 24.3 Å². The van der Waals surface area contributed by atoms with Crippen molar-refractivity contribution < 1.29 is 29.6 Å². The van der Waals surface area contributed by atoms with Gasteiger partial charge in [0.05, 0.1) is 18.3 Å². The van der Waals surface area contributed by atoms with Gasteiger partial charge in [-0.3, -0.25) is 4.79 Å². The minimum absolute atomic E-state index is 0.0331. The topological polar surface area (TPSA) is 96.2 Å². The fourth-order valence-corrected chi connectivity index (χ4v) is 4.97. The number of aliphatic hydroxyl groups is 2. The Balaban J connectivity index is 1.96. The third kappa shape index (κ3) is 10.3. The van der Waals surface area contributed by atoms with Crippen LogP contribution in [0.3, 0.4) is 0 Å². The number of ether oxygens (including phenoxy) is 2. The molecule has 1 aliphatic carbocycles. The van der Waals surface area contributed by atoms with Crippen molar-refractivity contribution >= 4 is 17.6 Å². The smallest absolute Gasteiger partial charge is 0.303 e. The molecule has 0 bridgehead atoms. The van der Waals surface area contributed by atoms with Gasteiger partial charge < -0.3 is 24.8 Å². The molecular weight excluding hydrogens is 432 g/mol. The quantitative estimate of drug-likeness (QED) is 0.191. The van der Waals surface area contributed by atoms with Crippen LogP contribution in [0.5, 0.6) is 0 Å². The van der Waals surface area contributed by atoms with Gasteiger partial charge in [-0.1, -0.05) is 24.3 Å². The molecule has 184 valence electrons. The Kier molecular flexibility index (Phi) is 12.9. The highest BCUT2D eigenvalue weighted by Gasteiger charge is 2.42. The number of hydrogen-bond donors (Lipinski definition) is 3. The second kappa shape index (κ2) is 15.1. The van der Waals surface area contributed by atoms with Gasteiger partial charge in [0.15, 0.2) is 6.29 Å². The van der Waals surface area contributed by atoms with E-state index in [2.05, 4.69) is 12.2 Å². The van der Waals surface area contributed by atoms with E-state index in [0.29, 0.717) is 19.3 Å². The summed E-state index contributed by atoms with van der Waals surface area (Å²) in [6.45, 7) is 2.49. The van der Waals surface area contributed by atoms with E-state index in [-0.39, 0.29) is 42.1 Å². The van der Waals surface area contributed by atoms with E-state index >= 15 is 0 Å². The zero-order chi connectivity index (χ0) is 23.3. The highest BCUT2D eigenvalue weighted by atomic mass is 35.5. The molecule has 1 saturated carbocycles. The minimum atomic E-state index is -0.767. The number of aliphatic carboxylic acids is 1. The molecule has 0 aromatic carbocycles. The van der Waals surface area contributed by atoms with Gasteiger partial charge in [-0.2, -0.15) is 0 Å². The molecule has 2 rings (SSSR count). The van der Waals surface area contributed by atoms with Crippen LogP contribution in [-0.4, -0.2) is 57.9 Å². The van der Waals surface area contributed by atoms with E-state index in [1.54, 1.807) is 6.92 Å². The van der Waals surface area contributed by atoms with Gasteiger partial charge in [0.25, 0.3) is 0 Å². The van der Waals surface area contributed by atoms with Gasteiger partial charge in [-0.15, -0.1) is 11.6 Å². The molecule has 1 saturated heterocycles. The standard InChI is InChI=1S/C25H41ClO6/c1-18(27)9-8-10-19(28)14-15-21-20(11-4-2-3-5-12-24(29)30)22(26)17-23(21)32-25-13-6-7-16-31-25/h2,4,14-15,18-23,25,27-28H,3,5-13,16-17H2,1H3,(H,29,30)/t18-,19+,20-,21+,22+,23-,25?/m1/s1. The number of carboxylic acids is 1. The van der Waals surface area contributed by atoms with E-state index < -0.39 is 12.1 Å². The summed E-state index contributed by atoms with van der Waals surface area (Å²) >= 11 is 6.74. The van der Waals surface area contributed by atoms with Crippen molar-refractivity contribution in [1.82, 2.24) is 0 Å². The maximum atomic E-state index is 10.6. The molecule has 1 unspecified atom stereocenters. The zero-order valence-corrected chi connectivity index (χ0v) is 20.0. The summed E-state index contributed by atoms with van der Waals surface area (Å²) in [5.41, 5.74) is 0. The second-order valence-electron chi connectivity index (χ2n) is 9.19. The number of alkyl halides is 1. The van der Waals surface area contributed by atoms with E-state index in [9.17, 15) is 15.0 Å². The number of unbranched alkanes of at least 4 members (excludes halogenated alkanes) is 1. The monoisotopic (exact) mass is 472 g/mol. The largest absolute Gasteiger partial charge is 0.481 e. The Bertz CT molecular complexity index is 587. The third-order valence-corrected chi connectivity index (χ3v) is 6.83. The molecule has 2 aliphatic rings. The van der Waals surface area contributed by atoms with Crippen LogP contribution in [0.15, 0.2) is 24.3 Å². The normalized spacial score (nSPS) is 30.8. The molecule has 0 aromatic heterocycles. The predicted octanol–water partition coefficient (Wildman–Crippen LogP) is 4.81. The molecular formula is C25H41ClO6. The lowest BCUT2D eigenvalue weighted by atomic mass is 9.90. The van der Waals surface area contributed by atoms with Crippen molar-refractivity contribution in [3.63, 3.8) is 0 Å². The molecule has 0 aromatic rings. The van der Waals surface area contributed by atoms with Gasteiger partial charge in [0, 0.05) is 24.3 Å². The summed E-state index contributed by atoms with van der Waals surface area (Å²) in [4.78, 5) is 10.6. The van der Waals surface area contributed by atoms with Crippen molar-refractivity contribution in [1.29, 1.82) is 0 Å². The van der Waals surface area contributed by atoms with Gasteiger partial charge in [0.2, 0.25) is 0 Å². The third-order valence-electron chi connectivity index (χ3n) is 6.32. The van der Waals surface area contributed by atoms with Gasteiger partial charge in [-0.05, 0) is 77.0 Å². The number of allylic oxidation sites excluding steroid dienone is 2. The molecule has 32 heavy (non-hydrogen) atoms. The summed E-state index contributed by atoms with van der Waals surface area (Å²) in [7, 11) is 0.